The van der Waals surface area contributed by atoms with E-state index in [4.69, 9.17) is 21.4 Å². The summed E-state index contributed by atoms with van der Waals surface area (Å²) in [5.41, 5.74) is 1.20. The monoisotopic (exact) mass is 609 g/mol. The smallest absolute Gasteiger partial charge is 0.349 e. The summed E-state index contributed by atoms with van der Waals surface area (Å²) in [4.78, 5) is 33.4. The fourth-order valence-electron chi connectivity index (χ4n) is 4.35. The molecule has 1 saturated heterocycles. The number of carboxylic acids is 2. The molecule has 0 bridgehead atoms. The fraction of sp³-hybridized carbons (Fsp3) is 0.280. The molecule has 3 N–H and O–H groups in total. The van der Waals surface area contributed by atoms with Crippen LogP contribution in [-0.2, 0) is 20.6 Å². The summed E-state index contributed by atoms with van der Waals surface area (Å²) < 4.78 is 32.4. The minimum absolute atomic E-state index is 0.00188. The number of anilines is 1. The third-order valence-corrected chi connectivity index (χ3v) is 9.72. The number of para-hydroxylation sites is 1. The number of aromatic carboxylic acids is 1. The van der Waals surface area contributed by atoms with Gasteiger partial charge in [-0.25, -0.2) is 22.3 Å². The molecule has 1 aromatic heterocycles. The number of hydrogen-bond acceptors (Lipinski definition) is 9. The Hall–Kier alpha value is -3.72. The number of thiophene rings is 1. The molecule has 212 valence electrons. The first kappa shape index (κ1) is 29.3. The molecule has 2 aromatic carbocycles. The van der Waals surface area contributed by atoms with Gasteiger partial charge < -0.3 is 20.3 Å². The highest BCUT2D eigenvalue weighted by Gasteiger charge is 2.30. The Morgan fingerprint density at radius 2 is 1.85 bits per heavy atom. The van der Waals surface area contributed by atoms with Crippen molar-refractivity contribution in [3.05, 3.63) is 74.1 Å². The van der Waals surface area contributed by atoms with Crippen LogP contribution in [0.3, 0.4) is 0 Å². The summed E-state index contributed by atoms with van der Waals surface area (Å²) in [5, 5.41) is 33.0. The molecule has 1 fully saturated rings. The van der Waals surface area contributed by atoms with E-state index >= 15 is 0 Å². The number of nitro groups is 1. The summed E-state index contributed by atoms with van der Waals surface area (Å²) in [6.45, 7) is -0.263. The number of carboxylic acid groups (broad SMARTS) is 2. The molecule has 0 unspecified atom stereocenters. The van der Waals surface area contributed by atoms with E-state index in [-0.39, 0.29) is 46.0 Å². The molecule has 0 spiro atoms. The summed E-state index contributed by atoms with van der Waals surface area (Å²) in [6.07, 6.45) is 0.993. The first-order valence-electron chi connectivity index (χ1n) is 11.9. The number of aliphatic carboxylic acids is 1. The summed E-state index contributed by atoms with van der Waals surface area (Å²) in [5.74, 6) is -3.23. The Bertz CT molecular complexity index is 1550. The van der Waals surface area contributed by atoms with Gasteiger partial charge in [-0.15, -0.1) is 11.3 Å². The lowest BCUT2D eigenvalue weighted by Crippen LogP contribution is -2.42. The quantitative estimate of drug-likeness (QED) is 0.206. The number of ether oxygens (including phenoxy) is 1. The normalized spacial score (nSPS) is 14.5. The molecule has 3 aromatic rings. The number of carbonyl (C=O) groups is 2. The SMILES string of the molecule is O=C(O)COc1c(C(=O)O)sc(-c2cccc(NC3CCN(S(=O)(=O)Cc4ccccc4[N+](=O)[O-])CC3)c2)c1Cl. The molecule has 40 heavy (non-hydrogen) atoms. The average Bonchev–Trinajstić information content (AvgIpc) is 3.24. The largest absolute Gasteiger partial charge is 0.479 e. The summed E-state index contributed by atoms with van der Waals surface area (Å²) >= 11 is 7.26. The van der Waals surface area contributed by atoms with E-state index in [1.807, 2.05) is 6.07 Å². The van der Waals surface area contributed by atoms with Crippen molar-refractivity contribution in [1.29, 1.82) is 0 Å². The molecule has 0 amide bonds. The van der Waals surface area contributed by atoms with Gasteiger partial charge in [-0.1, -0.05) is 41.9 Å². The lowest BCUT2D eigenvalue weighted by molar-refractivity contribution is -0.385. The van der Waals surface area contributed by atoms with Gasteiger partial charge in [-0.3, -0.25) is 10.1 Å². The zero-order valence-electron chi connectivity index (χ0n) is 20.8. The molecular weight excluding hydrogens is 586 g/mol. The molecule has 15 heteroatoms. The molecule has 1 aliphatic heterocycles. The molecule has 1 aliphatic rings. The third-order valence-electron chi connectivity index (χ3n) is 6.21. The average molecular weight is 610 g/mol. The maximum atomic E-state index is 13.0. The van der Waals surface area contributed by atoms with E-state index in [0.29, 0.717) is 29.0 Å². The summed E-state index contributed by atoms with van der Waals surface area (Å²) in [7, 11) is -3.76. The first-order valence-corrected chi connectivity index (χ1v) is 14.7. The Kier molecular flexibility index (Phi) is 8.93. The number of sulfonamides is 1. The van der Waals surface area contributed by atoms with Crippen LogP contribution in [0.5, 0.6) is 5.75 Å². The Morgan fingerprint density at radius 3 is 2.50 bits per heavy atom. The van der Waals surface area contributed by atoms with E-state index in [2.05, 4.69) is 5.32 Å². The molecule has 0 saturated carbocycles. The predicted molar refractivity (Wildman–Crippen MR) is 149 cm³/mol. The molecule has 0 aliphatic carbocycles. The highest BCUT2D eigenvalue weighted by Crippen LogP contribution is 2.46. The van der Waals surface area contributed by atoms with Crippen LogP contribution in [0.2, 0.25) is 5.02 Å². The van der Waals surface area contributed by atoms with E-state index in [9.17, 15) is 33.2 Å². The molecule has 2 heterocycles. The fourth-order valence-corrected chi connectivity index (χ4v) is 7.34. The number of nitrogens with zero attached hydrogens (tertiary/aromatic N) is 2. The maximum absolute atomic E-state index is 13.0. The minimum Gasteiger partial charge on any atom is -0.479 e. The number of halogens is 1. The topological polar surface area (TPSA) is 176 Å². The molecule has 0 atom stereocenters. The second-order valence-electron chi connectivity index (χ2n) is 8.93. The van der Waals surface area contributed by atoms with Crippen LogP contribution in [-0.4, -0.2) is 65.5 Å². The van der Waals surface area contributed by atoms with Gasteiger partial charge in [0, 0.05) is 36.4 Å². The van der Waals surface area contributed by atoms with Gasteiger partial charge in [0.1, 0.15) is 5.02 Å². The zero-order valence-corrected chi connectivity index (χ0v) is 23.2. The van der Waals surface area contributed by atoms with Crippen LogP contribution < -0.4 is 10.1 Å². The Morgan fingerprint density at radius 1 is 1.15 bits per heavy atom. The van der Waals surface area contributed by atoms with Gasteiger partial charge in [0.2, 0.25) is 10.0 Å². The minimum atomic E-state index is -3.76. The molecular formula is C25H24ClN3O9S2. The lowest BCUT2D eigenvalue weighted by Gasteiger charge is -2.32. The predicted octanol–water partition coefficient (Wildman–Crippen LogP) is 4.54. The van der Waals surface area contributed by atoms with Gasteiger partial charge in [0.05, 0.1) is 15.6 Å². The van der Waals surface area contributed by atoms with E-state index in [1.54, 1.807) is 24.3 Å². The van der Waals surface area contributed by atoms with Crippen LogP contribution in [0.15, 0.2) is 48.5 Å². The van der Waals surface area contributed by atoms with Crippen molar-refractivity contribution in [3.63, 3.8) is 0 Å². The van der Waals surface area contributed by atoms with Gasteiger partial charge in [-0.05, 0) is 30.5 Å². The number of rotatable bonds is 11. The number of piperidine rings is 1. The van der Waals surface area contributed by atoms with Crippen LogP contribution >= 0.6 is 22.9 Å². The van der Waals surface area contributed by atoms with Crippen molar-refractivity contribution in [1.82, 2.24) is 4.31 Å². The van der Waals surface area contributed by atoms with E-state index < -0.39 is 39.2 Å². The van der Waals surface area contributed by atoms with Crippen LogP contribution in [0.4, 0.5) is 11.4 Å². The van der Waals surface area contributed by atoms with Crippen molar-refractivity contribution < 1.29 is 37.9 Å². The lowest BCUT2D eigenvalue weighted by atomic mass is 10.1. The van der Waals surface area contributed by atoms with Crippen molar-refractivity contribution >= 4 is 56.3 Å². The third kappa shape index (κ3) is 6.70. The highest BCUT2D eigenvalue weighted by molar-refractivity contribution is 7.88. The van der Waals surface area contributed by atoms with Gasteiger partial charge in [0.15, 0.2) is 17.2 Å². The number of benzene rings is 2. The van der Waals surface area contributed by atoms with Gasteiger partial charge in [0.25, 0.3) is 5.69 Å². The second kappa shape index (κ2) is 12.2. The summed E-state index contributed by atoms with van der Waals surface area (Å²) in [6, 6.07) is 12.8. The van der Waals surface area contributed by atoms with E-state index in [1.165, 1.54) is 22.5 Å². The van der Waals surface area contributed by atoms with E-state index in [0.717, 1.165) is 11.3 Å². The molecule has 0 radical (unpaired) electrons. The second-order valence-corrected chi connectivity index (χ2v) is 12.3. The standard InChI is InChI=1S/C25H24ClN3O9S2/c26-21-22(38-13-20(30)31)24(25(32)33)39-23(21)15-5-3-6-18(12-15)27-17-8-10-28(11-9-17)40(36,37)14-16-4-1-2-7-19(16)29(34)35/h1-7,12,17,27H,8-11,13-14H2,(H,30,31)(H,32,33). The first-order chi connectivity index (χ1) is 19.0. The number of nitrogens with one attached hydrogen (secondary N) is 1. The van der Waals surface area contributed by atoms with Gasteiger partial charge >= 0.3 is 11.9 Å². The number of nitro benzene ring substituents is 1. The maximum Gasteiger partial charge on any atom is 0.349 e. The van der Waals surface area contributed by atoms with Crippen LogP contribution in [0.25, 0.3) is 10.4 Å². The van der Waals surface area contributed by atoms with Crippen molar-refractivity contribution in [3.8, 4) is 16.2 Å². The van der Waals surface area contributed by atoms with Gasteiger partial charge in [-0.2, -0.15) is 0 Å². The van der Waals surface area contributed by atoms with Crippen molar-refractivity contribution in [2.45, 2.75) is 24.6 Å². The zero-order chi connectivity index (χ0) is 29.0. The Labute approximate surface area is 238 Å². The number of hydrogen-bond donors (Lipinski definition) is 3. The van der Waals surface area contributed by atoms with Crippen LogP contribution in [0, 0.1) is 10.1 Å². The van der Waals surface area contributed by atoms with Crippen LogP contribution in [0.1, 0.15) is 28.1 Å². The highest BCUT2D eigenvalue weighted by atomic mass is 35.5. The Balaban J connectivity index is 1.43. The van der Waals surface area contributed by atoms with Crippen molar-refractivity contribution in [2.75, 3.05) is 25.0 Å². The molecule has 4 rings (SSSR count). The van der Waals surface area contributed by atoms with Crippen molar-refractivity contribution in [2.24, 2.45) is 0 Å². The molecule has 12 nitrogen and oxygen atoms in total.